The minimum Gasteiger partial charge on any atom is -0.341 e. The van der Waals surface area contributed by atoms with E-state index in [1.807, 2.05) is 54.0 Å². The zero-order valence-electron chi connectivity index (χ0n) is 15.7. The molecule has 2 fully saturated rings. The molecule has 0 unspecified atom stereocenters. The fourth-order valence-corrected chi connectivity index (χ4v) is 4.48. The van der Waals surface area contributed by atoms with Crippen LogP contribution < -0.4 is 0 Å². The van der Waals surface area contributed by atoms with Gasteiger partial charge < -0.3 is 14.7 Å². The van der Waals surface area contributed by atoms with Crippen LogP contribution in [0.25, 0.3) is 0 Å². The van der Waals surface area contributed by atoms with Gasteiger partial charge in [-0.15, -0.1) is 0 Å². The summed E-state index contributed by atoms with van der Waals surface area (Å²) < 4.78 is 0. The van der Waals surface area contributed by atoms with Crippen molar-refractivity contribution in [3.63, 3.8) is 0 Å². The van der Waals surface area contributed by atoms with E-state index in [9.17, 15) is 9.59 Å². The highest BCUT2D eigenvalue weighted by Gasteiger charge is 2.54. The van der Waals surface area contributed by atoms with Crippen LogP contribution in [0.5, 0.6) is 0 Å². The van der Waals surface area contributed by atoms with E-state index in [1.54, 1.807) is 0 Å². The van der Waals surface area contributed by atoms with Crippen LogP contribution in [0.1, 0.15) is 24.2 Å². The summed E-state index contributed by atoms with van der Waals surface area (Å²) in [4.78, 5) is 31.5. The first-order chi connectivity index (χ1) is 11.8. The summed E-state index contributed by atoms with van der Waals surface area (Å²) in [6.07, 6.45) is 0. The maximum atomic E-state index is 12.9. The molecule has 2 aliphatic heterocycles. The molecule has 0 aliphatic carbocycles. The lowest BCUT2D eigenvalue weighted by molar-refractivity contribution is -0.134. The van der Waals surface area contributed by atoms with Crippen molar-refractivity contribution in [3.8, 4) is 0 Å². The number of hydrogen-bond acceptors (Lipinski definition) is 3. The number of nitrogens with zero attached hydrogens (tertiary/aromatic N) is 3. The molecule has 5 nitrogen and oxygen atoms in total. The Morgan fingerprint density at radius 1 is 1.12 bits per heavy atom. The van der Waals surface area contributed by atoms with Crippen LogP contribution in [0.3, 0.4) is 0 Å². The van der Waals surface area contributed by atoms with Crippen LogP contribution in [-0.4, -0.2) is 73.3 Å². The minimum atomic E-state index is -0.0154. The molecule has 2 atom stereocenters. The van der Waals surface area contributed by atoms with E-state index >= 15 is 0 Å². The average molecular weight is 343 g/mol. The predicted molar refractivity (Wildman–Crippen MR) is 98.2 cm³/mol. The molecular formula is C20H29N3O2. The topological polar surface area (TPSA) is 43.9 Å². The van der Waals surface area contributed by atoms with Gasteiger partial charge in [0.05, 0.1) is 0 Å². The molecule has 2 saturated heterocycles. The summed E-state index contributed by atoms with van der Waals surface area (Å²) >= 11 is 0. The molecule has 0 aromatic heterocycles. The van der Waals surface area contributed by atoms with Gasteiger partial charge in [0.1, 0.15) is 0 Å². The Kier molecular flexibility index (Phi) is 4.87. The first-order valence-electron chi connectivity index (χ1n) is 9.10. The fourth-order valence-electron chi connectivity index (χ4n) is 4.48. The molecule has 5 heteroatoms. The summed E-state index contributed by atoms with van der Waals surface area (Å²) in [6, 6.07) is 9.50. The number of carbonyl (C=O) groups excluding carboxylic acids is 2. The number of hydrogen-bond donors (Lipinski definition) is 0. The second kappa shape index (κ2) is 6.79. The van der Waals surface area contributed by atoms with Crippen molar-refractivity contribution in [2.45, 2.75) is 13.8 Å². The van der Waals surface area contributed by atoms with Crippen LogP contribution in [0.4, 0.5) is 0 Å². The lowest BCUT2D eigenvalue weighted by atomic mass is 9.80. The van der Waals surface area contributed by atoms with Gasteiger partial charge in [-0.2, -0.15) is 0 Å². The van der Waals surface area contributed by atoms with Crippen LogP contribution in [0.2, 0.25) is 0 Å². The van der Waals surface area contributed by atoms with Gasteiger partial charge >= 0.3 is 0 Å². The largest absolute Gasteiger partial charge is 0.341 e. The first-order valence-corrected chi connectivity index (χ1v) is 9.10. The Bertz CT molecular complexity index is 644. The van der Waals surface area contributed by atoms with E-state index in [-0.39, 0.29) is 23.1 Å². The van der Waals surface area contributed by atoms with E-state index in [0.717, 1.165) is 38.3 Å². The van der Waals surface area contributed by atoms with Gasteiger partial charge in [-0.1, -0.05) is 32.0 Å². The Hall–Kier alpha value is -1.88. The molecular weight excluding hydrogens is 314 g/mol. The third-order valence-electron chi connectivity index (χ3n) is 5.50. The molecule has 3 rings (SSSR count). The van der Waals surface area contributed by atoms with Crippen molar-refractivity contribution in [1.82, 2.24) is 14.7 Å². The second-order valence-electron chi connectivity index (χ2n) is 8.22. The first kappa shape index (κ1) is 17.9. The standard InChI is InChI=1S/C20H29N3O2/c1-15(2)18(24)22-10-17-11-23(14-20(17,13-22)12-21(3)4)19(25)16-8-6-5-7-9-16/h5-9,15,17H,10-14H2,1-4H3/t17-,20+/m0/s1. The SMILES string of the molecule is CC(C)C(=O)N1C[C@H]2CN(C(=O)c3ccccc3)C[C@@]2(CN(C)C)C1. The monoisotopic (exact) mass is 343 g/mol. The van der Waals surface area contributed by atoms with Crippen molar-refractivity contribution < 1.29 is 9.59 Å². The summed E-state index contributed by atoms with van der Waals surface area (Å²) in [5, 5.41) is 0. The Balaban J connectivity index is 1.79. The highest BCUT2D eigenvalue weighted by Crippen LogP contribution is 2.43. The van der Waals surface area contributed by atoms with E-state index in [2.05, 4.69) is 19.0 Å². The molecule has 25 heavy (non-hydrogen) atoms. The Morgan fingerprint density at radius 3 is 2.32 bits per heavy atom. The molecule has 0 bridgehead atoms. The van der Waals surface area contributed by atoms with Crippen molar-refractivity contribution in [2.24, 2.45) is 17.3 Å². The van der Waals surface area contributed by atoms with Crippen molar-refractivity contribution in [3.05, 3.63) is 35.9 Å². The second-order valence-corrected chi connectivity index (χ2v) is 8.22. The molecule has 136 valence electrons. The van der Waals surface area contributed by atoms with Crippen molar-refractivity contribution >= 4 is 11.8 Å². The summed E-state index contributed by atoms with van der Waals surface area (Å²) in [5.74, 6) is 0.714. The maximum absolute atomic E-state index is 12.9. The lowest BCUT2D eigenvalue weighted by Gasteiger charge is -2.32. The van der Waals surface area contributed by atoms with Crippen molar-refractivity contribution in [1.29, 1.82) is 0 Å². The molecule has 2 amide bonds. The smallest absolute Gasteiger partial charge is 0.253 e. The zero-order chi connectivity index (χ0) is 18.2. The van der Waals surface area contributed by atoms with Crippen LogP contribution in [0.15, 0.2) is 30.3 Å². The number of carbonyl (C=O) groups is 2. The number of benzene rings is 1. The molecule has 0 spiro atoms. The quantitative estimate of drug-likeness (QED) is 0.837. The molecule has 1 aromatic carbocycles. The van der Waals surface area contributed by atoms with Crippen LogP contribution >= 0.6 is 0 Å². The lowest BCUT2D eigenvalue weighted by Crippen LogP contribution is -2.44. The van der Waals surface area contributed by atoms with E-state index in [1.165, 1.54) is 0 Å². The normalized spacial score (nSPS) is 25.8. The van der Waals surface area contributed by atoms with Gasteiger partial charge in [-0.3, -0.25) is 9.59 Å². The molecule has 2 aliphatic rings. The molecule has 0 N–H and O–H groups in total. The third-order valence-corrected chi connectivity index (χ3v) is 5.50. The molecule has 1 aromatic rings. The average Bonchev–Trinajstić information content (AvgIpc) is 3.06. The highest BCUT2D eigenvalue weighted by atomic mass is 16.2. The summed E-state index contributed by atoms with van der Waals surface area (Å²) in [5.41, 5.74) is 0.732. The molecule has 0 saturated carbocycles. The molecule has 2 heterocycles. The van der Waals surface area contributed by atoms with Gasteiger partial charge in [0.2, 0.25) is 5.91 Å². The third kappa shape index (κ3) is 3.43. The van der Waals surface area contributed by atoms with E-state index < -0.39 is 0 Å². The van der Waals surface area contributed by atoms with Gasteiger partial charge in [0.15, 0.2) is 0 Å². The van der Waals surface area contributed by atoms with Crippen molar-refractivity contribution in [2.75, 3.05) is 46.8 Å². The number of likely N-dealkylation sites (tertiary alicyclic amines) is 2. The summed E-state index contributed by atoms with van der Waals surface area (Å²) in [7, 11) is 4.14. The van der Waals surface area contributed by atoms with Crippen LogP contribution in [-0.2, 0) is 4.79 Å². The maximum Gasteiger partial charge on any atom is 0.253 e. The zero-order valence-corrected chi connectivity index (χ0v) is 15.7. The van der Waals surface area contributed by atoms with E-state index in [0.29, 0.717) is 5.92 Å². The van der Waals surface area contributed by atoms with Crippen LogP contribution in [0, 0.1) is 17.3 Å². The highest BCUT2D eigenvalue weighted by molar-refractivity contribution is 5.94. The predicted octanol–water partition coefficient (Wildman–Crippen LogP) is 1.80. The Labute approximate surface area is 150 Å². The minimum absolute atomic E-state index is 0.0154. The number of rotatable bonds is 4. The van der Waals surface area contributed by atoms with Gasteiger partial charge in [0, 0.05) is 55.5 Å². The molecule has 0 radical (unpaired) electrons. The van der Waals surface area contributed by atoms with Gasteiger partial charge in [-0.05, 0) is 26.2 Å². The summed E-state index contributed by atoms with van der Waals surface area (Å²) in [6.45, 7) is 7.81. The van der Waals surface area contributed by atoms with E-state index in [4.69, 9.17) is 0 Å². The fraction of sp³-hybridized carbons (Fsp3) is 0.600. The van der Waals surface area contributed by atoms with Gasteiger partial charge in [-0.25, -0.2) is 0 Å². The number of amides is 2. The van der Waals surface area contributed by atoms with Gasteiger partial charge in [0.25, 0.3) is 5.91 Å². The number of fused-ring (bicyclic) bond motifs is 1. The Morgan fingerprint density at radius 2 is 1.72 bits per heavy atom.